The molecule has 0 bridgehead atoms. The van der Waals surface area contributed by atoms with Crippen LogP contribution in [0.3, 0.4) is 0 Å². The van der Waals surface area contributed by atoms with E-state index in [1.54, 1.807) is 23.1 Å². The maximum absolute atomic E-state index is 13.5. The Kier molecular flexibility index (Phi) is 5.58. The molecule has 170 valence electrons. The number of rotatable bonds is 3. The fraction of sp³-hybridized carbons (Fsp3) is 0.480. The third-order valence-electron chi connectivity index (χ3n) is 6.59. The SMILES string of the molecule is CC1(C)CC(=O)C2=C(C1)N(CC(=O)O)C1=C(C(=O)CC(C)(C)C1)C2c1ccc(Cl)cc1Cl. The number of nitrogens with zero attached hydrogens (tertiary/aromatic N) is 1. The number of hydrogen-bond acceptors (Lipinski definition) is 4. The second kappa shape index (κ2) is 7.74. The van der Waals surface area contributed by atoms with Gasteiger partial charge in [0.2, 0.25) is 0 Å². The van der Waals surface area contributed by atoms with E-state index in [9.17, 15) is 19.5 Å². The second-order valence-corrected chi connectivity index (χ2v) is 11.5. The minimum atomic E-state index is -1.00. The first-order chi connectivity index (χ1) is 14.8. The van der Waals surface area contributed by atoms with Crippen LogP contribution in [-0.4, -0.2) is 34.1 Å². The summed E-state index contributed by atoms with van der Waals surface area (Å²) in [6.07, 6.45) is 1.76. The lowest BCUT2D eigenvalue weighted by Crippen LogP contribution is -2.45. The molecule has 0 unspecified atom stereocenters. The summed E-state index contributed by atoms with van der Waals surface area (Å²) in [5.74, 6) is -1.74. The van der Waals surface area contributed by atoms with Crippen molar-refractivity contribution in [2.24, 2.45) is 10.8 Å². The number of carboxylic acids is 1. The topological polar surface area (TPSA) is 74.7 Å². The number of allylic oxidation sites excluding steroid dienone is 4. The van der Waals surface area contributed by atoms with Crippen LogP contribution in [0.4, 0.5) is 0 Å². The van der Waals surface area contributed by atoms with Gasteiger partial charge in [0.25, 0.3) is 0 Å². The molecule has 0 atom stereocenters. The molecule has 1 aliphatic heterocycles. The van der Waals surface area contributed by atoms with E-state index >= 15 is 0 Å². The van der Waals surface area contributed by atoms with E-state index in [1.165, 1.54) is 0 Å². The minimum absolute atomic E-state index is 0.0631. The van der Waals surface area contributed by atoms with Gasteiger partial charge in [-0.25, -0.2) is 0 Å². The van der Waals surface area contributed by atoms with Gasteiger partial charge in [-0.1, -0.05) is 57.0 Å². The normalized spacial score (nSPS) is 22.8. The molecule has 3 aliphatic rings. The lowest BCUT2D eigenvalue weighted by Gasteiger charge is -2.48. The number of carboxylic acid groups (broad SMARTS) is 1. The Morgan fingerprint density at radius 3 is 1.91 bits per heavy atom. The first-order valence-electron chi connectivity index (χ1n) is 10.8. The quantitative estimate of drug-likeness (QED) is 0.600. The molecule has 0 spiro atoms. The Morgan fingerprint density at radius 2 is 1.47 bits per heavy atom. The second-order valence-electron chi connectivity index (χ2n) is 10.7. The molecule has 2 aliphatic carbocycles. The third kappa shape index (κ3) is 4.01. The summed E-state index contributed by atoms with van der Waals surface area (Å²) in [7, 11) is 0. The highest BCUT2D eigenvalue weighted by Crippen LogP contribution is 2.55. The molecular weight excluding hydrogens is 449 g/mol. The zero-order chi connectivity index (χ0) is 23.6. The van der Waals surface area contributed by atoms with E-state index in [4.69, 9.17) is 23.2 Å². The number of ketones is 2. The monoisotopic (exact) mass is 475 g/mol. The molecule has 32 heavy (non-hydrogen) atoms. The number of benzene rings is 1. The molecule has 0 radical (unpaired) electrons. The summed E-state index contributed by atoms with van der Waals surface area (Å²) in [5.41, 5.74) is 2.44. The van der Waals surface area contributed by atoms with Gasteiger partial charge in [-0.05, 0) is 41.4 Å². The highest BCUT2D eigenvalue weighted by Gasteiger charge is 2.49. The van der Waals surface area contributed by atoms with Crippen LogP contribution in [0.15, 0.2) is 40.7 Å². The van der Waals surface area contributed by atoms with Gasteiger partial charge in [-0.2, -0.15) is 0 Å². The van der Waals surface area contributed by atoms with Crippen molar-refractivity contribution < 1.29 is 19.5 Å². The van der Waals surface area contributed by atoms with Gasteiger partial charge in [0.1, 0.15) is 6.54 Å². The average molecular weight is 476 g/mol. The van der Waals surface area contributed by atoms with E-state index in [1.807, 2.05) is 27.7 Å². The van der Waals surface area contributed by atoms with Crippen molar-refractivity contribution in [2.75, 3.05) is 6.54 Å². The predicted octanol–water partition coefficient (Wildman–Crippen LogP) is 5.76. The number of Topliss-reactive ketones (excluding diaryl/α,β-unsaturated/α-hetero) is 2. The molecule has 1 heterocycles. The molecule has 0 amide bonds. The van der Waals surface area contributed by atoms with Crippen molar-refractivity contribution in [2.45, 2.75) is 59.3 Å². The minimum Gasteiger partial charge on any atom is -0.480 e. The molecule has 1 N–H and O–H groups in total. The summed E-state index contributed by atoms with van der Waals surface area (Å²) in [5, 5.41) is 10.6. The van der Waals surface area contributed by atoms with Gasteiger partial charge in [0.15, 0.2) is 11.6 Å². The highest BCUT2D eigenvalue weighted by molar-refractivity contribution is 6.35. The molecule has 5 nitrogen and oxygen atoms in total. The van der Waals surface area contributed by atoms with Crippen LogP contribution in [0, 0.1) is 10.8 Å². The van der Waals surface area contributed by atoms with Crippen LogP contribution in [0.5, 0.6) is 0 Å². The van der Waals surface area contributed by atoms with Gasteiger partial charge in [-0.3, -0.25) is 14.4 Å². The molecule has 7 heteroatoms. The maximum atomic E-state index is 13.5. The van der Waals surface area contributed by atoms with Crippen molar-refractivity contribution in [3.8, 4) is 0 Å². The van der Waals surface area contributed by atoms with Gasteiger partial charge in [0, 0.05) is 51.3 Å². The summed E-state index contributed by atoms with van der Waals surface area (Å²) in [4.78, 5) is 40.6. The Hall–Kier alpha value is -2.11. The molecule has 0 saturated carbocycles. The Morgan fingerprint density at radius 1 is 0.969 bits per heavy atom. The van der Waals surface area contributed by atoms with Crippen molar-refractivity contribution >= 4 is 40.7 Å². The van der Waals surface area contributed by atoms with Crippen molar-refractivity contribution in [3.05, 3.63) is 56.3 Å². The van der Waals surface area contributed by atoms with Crippen LogP contribution < -0.4 is 0 Å². The molecular formula is C25H27Cl2NO4. The number of carbonyl (C=O) groups is 3. The zero-order valence-corrected chi connectivity index (χ0v) is 20.2. The highest BCUT2D eigenvalue weighted by atomic mass is 35.5. The average Bonchev–Trinajstić information content (AvgIpc) is 2.61. The lowest BCUT2D eigenvalue weighted by atomic mass is 9.63. The Bertz CT molecular complexity index is 1060. The number of carbonyl (C=O) groups excluding carboxylic acids is 2. The Balaban J connectivity index is 2.03. The van der Waals surface area contributed by atoms with E-state index < -0.39 is 11.9 Å². The maximum Gasteiger partial charge on any atom is 0.323 e. The molecule has 4 rings (SSSR count). The van der Waals surface area contributed by atoms with Crippen LogP contribution in [-0.2, 0) is 14.4 Å². The number of halogens is 2. The number of hydrogen-bond donors (Lipinski definition) is 1. The fourth-order valence-electron chi connectivity index (χ4n) is 5.42. The smallest absolute Gasteiger partial charge is 0.323 e. The molecule has 0 saturated heterocycles. The molecule has 1 aromatic rings. The van der Waals surface area contributed by atoms with Crippen molar-refractivity contribution in [3.63, 3.8) is 0 Å². The van der Waals surface area contributed by atoms with Gasteiger partial charge in [0.05, 0.1) is 0 Å². The number of aliphatic carboxylic acids is 1. The van der Waals surface area contributed by atoms with E-state index in [0.717, 1.165) is 0 Å². The first-order valence-corrected chi connectivity index (χ1v) is 11.5. The fourth-order valence-corrected chi connectivity index (χ4v) is 5.94. The lowest BCUT2D eigenvalue weighted by molar-refractivity contribution is -0.138. The molecule has 1 aromatic carbocycles. The van der Waals surface area contributed by atoms with Crippen LogP contribution >= 0.6 is 23.2 Å². The van der Waals surface area contributed by atoms with E-state index in [0.29, 0.717) is 63.8 Å². The zero-order valence-electron chi connectivity index (χ0n) is 18.7. The van der Waals surface area contributed by atoms with Crippen molar-refractivity contribution in [1.82, 2.24) is 4.90 Å². The predicted molar refractivity (Wildman–Crippen MR) is 124 cm³/mol. The largest absolute Gasteiger partial charge is 0.480 e. The van der Waals surface area contributed by atoms with Crippen LogP contribution in [0.2, 0.25) is 10.0 Å². The van der Waals surface area contributed by atoms with Crippen LogP contribution in [0.25, 0.3) is 0 Å². The third-order valence-corrected chi connectivity index (χ3v) is 7.15. The molecule has 0 fully saturated rings. The summed E-state index contributed by atoms with van der Waals surface area (Å²) in [6.45, 7) is 7.76. The van der Waals surface area contributed by atoms with E-state index in [2.05, 4.69) is 0 Å². The van der Waals surface area contributed by atoms with Crippen LogP contribution in [0.1, 0.15) is 64.9 Å². The Labute approximate surface area is 198 Å². The van der Waals surface area contributed by atoms with Gasteiger partial charge >= 0.3 is 5.97 Å². The van der Waals surface area contributed by atoms with E-state index in [-0.39, 0.29) is 28.9 Å². The molecule has 0 aromatic heterocycles. The summed E-state index contributed by atoms with van der Waals surface area (Å²) < 4.78 is 0. The standard InChI is InChI=1S/C25H27Cl2NO4/c1-24(2)8-16-22(18(29)10-24)21(14-6-5-13(26)7-15(14)27)23-17(28(16)12-20(31)32)9-25(3,4)11-19(23)30/h5-7,21H,8-12H2,1-4H3,(H,31,32). The van der Waals surface area contributed by atoms with Crippen molar-refractivity contribution in [1.29, 1.82) is 0 Å². The van der Waals surface area contributed by atoms with Gasteiger partial charge < -0.3 is 10.0 Å². The van der Waals surface area contributed by atoms with Gasteiger partial charge in [-0.15, -0.1) is 0 Å². The summed E-state index contributed by atoms with van der Waals surface area (Å²) >= 11 is 12.7. The summed E-state index contributed by atoms with van der Waals surface area (Å²) in [6, 6.07) is 5.11. The first kappa shape index (κ1) is 23.1.